The second-order valence-corrected chi connectivity index (χ2v) is 9.34. The van der Waals surface area contributed by atoms with Gasteiger partial charge in [-0.1, -0.05) is 24.3 Å². The second kappa shape index (κ2) is 8.24. The number of halogens is 2. The molecule has 2 unspecified atom stereocenters. The third-order valence-corrected chi connectivity index (χ3v) is 7.09. The Labute approximate surface area is 207 Å². The largest absolute Gasteiger partial charge is 0.384 e. The number of pyridine rings is 1. The number of aliphatic imine (C=N–C) groups is 1. The molecule has 5 nitrogen and oxygen atoms in total. The Hall–Kier alpha value is -4.10. The number of nitrogen functional groups attached to an aromatic ring is 1. The number of hydrogen-bond acceptors (Lipinski definition) is 4. The van der Waals surface area contributed by atoms with E-state index in [2.05, 4.69) is 9.98 Å². The summed E-state index contributed by atoms with van der Waals surface area (Å²) in [4.78, 5) is 8.95. The molecule has 2 bridgehead atoms. The Bertz CT molecular complexity index is 1560. The first kappa shape index (κ1) is 22.4. The number of fused-ring (bicyclic) bond motifs is 8. The van der Waals surface area contributed by atoms with Crippen LogP contribution >= 0.6 is 0 Å². The van der Waals surface area contributed by atoms with E-state index in [9.17, 15) is 8.78 Å². The van der Waals surface area contributed by atoms with Crippen LogP contribution in [0.15, 0.2) is 65.7 Å². The van der Waals surface area contributed by atoms with Gasteiger partial charge in [0.2, 0.25) is 0 Å². The van der Waals surface area contributed by atoms with Crippen LogP contribution in [-0.4, -0.2) is 10.8 Å². The molecule has 0 spiro atoms. The smallest absolute Gasteiger partial charge is 0.133 e. The van der Waals surface area contributed by atoms with Crippen molar-refractivity contribution in [1.29, 1.82) is 0 Å². The average molecular weight is 483 g/mol. The van der Waals surface area contributed by atoms with E-state index in [4.69, 9.17) is 16.2 Å². The minimum absolute atomic E-state index is 0.175. The zero-order valence-corrected chi connectivity index (χ0v) is 19.8. The molecule has 4 N–H and O–H groups in total. The van der Waals surface area contributed by atoms with Crippen LogP contribution in [0.4, 0.5) is 14.6 Å². The van der Waals surface area contributed by atoms with Gasteiger partial charge in [-0.25, -0.2) is 13.8 Å². The highest BCUT2D eigenvalue weighted by Gasteiger charge is 2.43. The van der Waals surface area contributed by atoms with E-state index in [1.165, 1.54) is 12.1 Å². The van der Waals surface area contributed by atoms with E-state index in [0.29, 0.717) is 29.3 Å². The third-order valence-electron chi connectivity index (χ3n) is 7.09. The normalized spacial score (nSPS) is 17.8. The first-order valence-corrected chi connectivity index (χ1v) is 11.7. The average Bonchev–Trinajstić information content (AvgIpc) is 3.40. The maximum absolute atomic E-state index is 14.4. The number of aryl methyl sites for hydroxylation is 2. The van der Waals surface area contributed by atoms with Gasteiger partial charge in [0.05, 0.1) is 6.54 Å². The Morgan fingerprint density at radius 3 is 2.39 bits per heavy atom. The maximum Gasteiger partial charge on any atom is 0.133 e. The van der Waals surface area contributed by atoms with Crippen molar-refractivity contribution in [2.45, 2.75) is 32.6 Å². The monoisotopic (exact) mass is 482 g/mol. The summed E-state index contributed by atoms with van der Waals surface area (Å²) in [5, 5.41) is 0. The maximum atomic E-state index is 14.4. The topological polar surface area (TPSA) is 86.5 Å². The molecule has 2 aliphatic heterocycles. The number of nitrogens with zero attached hydrogens (tertiary/aromatic N) is 2. The number of benzene rings is 3. The van der Waals surface area contributed by atoms with Crippen molar-refractivity contribution < 1.29 is 13.5 Å². The van der Waals surface area contributed by atoms with Crippen LogP contribution in [-0.2, 0) is 11.3 Å². The third kappa shape index (κ3) is 3.55. The van der Waals surface area contributed by atoms with Crippen molar-refractivity contribution >= 4 is 11.7 Å². The van der Waals surface area contributed by atoms with Crippen molar-refractivity contribution in [2.24, 2.45) is 10.7 Å². The van der Waals surface area contributed by atoms with E-state index in [1.807, 2.05) is 56.3 Å². The quantitative estimate of drug-likeness (QED) is 0.291. The summed E-state index contributed by atoms with van der Waals surface area (Å²) in [5.41, 5.74) is 21.1. The van der Waals surface area contributed by atoms with E-state index in [0.717, 1.165) is 50.7 Å². The highest BCUT2D eigenvalue weighted by atomic mass is 19.1. The van der Waals surface area contributed by atoms with Gasteiger partial charge in [-0.2, -0.15) is 0 Å². The SMILES string of the molecule is Cc1cc(N)nc(C)c1CN=C(N)c1ccc2c(c1)C1OC2c2ccc(-c3ccc(F)cc3F)cc21. The summed E-state index contributed by atoms with van der Waals surface area (Å²) >= 11 is 0. The number of rotatable bonds is 4. The number of anilines is 1. The summed E-state index contributed by atoms with van der Waals surface area (Å²) < 4.78 is 34.1. The summed E-state index contributed by atoms with van der Waals surface area (Å²) in [7, 11) is 0. The molecule has 6 rings (SSSR count). The van der Waals surface area contributed by atoms with Crippen molar-refractivity contribution in [1.82, 2.24) is 4.98 Å². The van der Waals surface area contributed by atoms with Crippen molar-refractivity contribution in [3.8, 4) is 11.1 Å². The molecule has 2 atom stereocenters. The van der Waals surface area contributed by atoms with Crippen LogP contribution in [0.2, 0.25) is 0 Å². The molecular weight excluding hydrogens is 458 g/mol. The molecule has 0 radical (unpaired) electrons. The molecule has 3 aromatic carbocycles. The summed E-state index contributed by atoms with van der Waals surface area (Å²) in [5.74, 6) is -0.269. The van der Waals surface area contributed by atoms with Crippen LogP contribution in [0.1, 0.15) is 56.8 Å². The zero-order valence-electron chi connectivity index (χ0n) is 19.8. The van der Waals surface area contributed by atoms with Crippen LogP contribution < -0.4 is 11.5 Å². The van der Waals surface area contributed by atoms with Gasteiger partial charge in [-0.15, -0.1) is 0 Å². The predicted molar refractivity (Wildman–Crippen MR) is 136 cm³/mol. The van der Waals surface area contributed by atoms with Crippen molar-refractivity contribution in [2.75, 3.05) is 5.73 Å². The lowest BCUT2D eigenvalue weighted by molar-refractivity contribution is 0.0857. The Kier molecular flexibility index (Phi) is 5.12. The molecule has 1 aromatic heterocycles. The first-order chi connectivity index (χ1) is 17.3. The standard InChI is InChI=1S/C29H24F2N4O/c1-14-9-26(32)35-15(2)24(14)13-34-29(33)17-4-7-21-23(11-17)28-22-10-16(3-6-20(22)27(21)36-28)19-8-5-18(30)12-25(19)31/h3-12,27-28H,13H2,1-2H3,(H2,32,35)(H2,33,34). The Morgan fingerprint density at radius 2 is 1.64 bits per heavy atom. The van der Waals surface area contributed by atoms with Crippen LogP contribution in [0, 0.1) is 25.5 Å². The molecule has 0 saturated heterocycles. The molecule has 7 heteroatoms. The summed E-state index contributed by atoms with van der Waals surface area (Å²) in [6.07, 6.45) is -0.451. The van der Waals surface area contributed by atoms with E-state index in [1.54, 1.807) is 0 Å². The van der Waals surface area contributed by atoms with Gasteiger partial charge >= 0.3 is 0 Å². The van der Waals surface area contributed by atoms with Gasteiger partial charge in [0.25, 0.3) is 0 Å². The number of amidine groups is 1. The van der Waals surface area contributed by atoms with E-state index < -0.39 is 11.6 Å². The fourth-order valence-corrected chi connectivity index (χ4v) is 5.28. The molecule has 4 aromatic rings. The molecule has 2 aliphatic rings. The lowest BCUT2D eigenvalue weighted by Crippen LogP contribution is -2.15. The van der Waals surface area contributed by atoms with Gasteiger partial charge in [-0.3, -0.25) is 4.99 Å². The second-order valence-electron chi connectivity index (χ2n) is 9.34. The molecule has 0 saturated carbocycles. The van der Waals surface area contributed by atoms with Crippen molar-refractivity contribution in [3.05, 3.63) is 117 Å². The summed E-state index contributed by atoms with van der Waals surface area (Å²) in [6.45, 7) is 4.31. The molecule has 0 aliphatic carbocycles. The number of nitrogens with two attached hydrogens (primary N) is 2. The number of ether oxygens (including phenoxy) is 1. The predicted octanol–water partition coefficient (Wildman–Crippen LogP) is 5.65. The lowest BCUT2D eigenvalue weighted by atomic mass is 9.83. The fraction of sp³-hybridized carbons (Fsp3) is 0.172. The first-order valence-electron chi connectivity index (χ1n) is 11.7. The van der Waals surface area contributed by atoms with Crippen LogP contribution in [0.25, 0.3) is 11.1 Å². The van der Waals surface area contributed by atoms with Crippen LogP contribution in [0.3, 0.4) is 0 Å². The summed E-state index contributed by atoms with van der Waals surface area (Å²) in [6, 6.07) is 17.2. The molecule has 0 fully saturated rings. The Balaban J connectivity index is 1.31. The van der Waals surface area contributed by atoms with E-state index >= 15 is 0 Å². The number of aromatic nitrogens is 1. The van der Waals surface area contributed by atoms with E-state index in [-0.39, 0.29) is 12.2 Å². The van der Waals surface area contributed by atoms with Gasteiger partial charge in [0, 0.05) is 22.9 Å². The van der Waals surface area contributed by atoms with Gasteiger partial charge in [0.1, 0.15) is 35.5 Å². The van der Waals surface area contributed by atoms with Gasteiger partial charge in [-0.05, 0) is 83.1 Å². The minimum atomic E-state index is -0.599. The number of hydrogen-bond donors (Lipinski definition) is 2. The minimum Gasteiger partial charge on any atom is -0.384 e. The molecule has 0 amide bonds. The molecular formula is C29H24F2N4O. The highest BCUT2D eigenvalue weighted by molar-refractivity contribution is 5.98. The molecule has 3 heterocycles. The zero-order chi connectivity index (χ0) is 25.1. The highest BCUT2D eigenvalue weighted by Crippen LogP contribution is 2.54. The van der Waals surface area contributed by atoms with Crippen molar-refractivity contribution in [3.63, 3.8) is 0 Å². The fourth-order valence-electron chi connectivity index (χ4n) is 5.28. The lowest BCUT2D eigenvalue weighted by Gasteiger charge is -2.18. The van der Waals surface area contributed by atoms with Gasteiger partial charge in [0.15, 0.2) is 0 Å². The molecule has 36 heavy (non-hydrogen) atoms. The molecule has 180 valence electrons. The Morgan fingerprint density at radius 1 is 0.917 bits per heavy atom. The van der Waals surface area contributed by atoms with Crippen LogP contribution in [0.5, 0.6) is 0 Å². The van der Waals surface area contributed by atoms with Gasteiger partial charge < -0.3 is 16.2 Å².